The third-order valence-corrected chi connectivity index (χ3v) is 4.97. The number of benzene rings is 1. The molecule has 6 nitrogen and oxygen atoms in total. The monoisotopic (exact) mass is 366 g/mol. The smallest absolute Gasteiger partial charge is 0.418 e. The van der Waals surface area contributed by atoms with Gasteiger partial charge in [-0.1, -0.05) is 0 Å². The first-order valence-corrected chi connectivity index (χ1v) is 8.76. The summed E-state index contributed by atoms with van der Waals surface area (Å²) in [6.45, 7) is 0. The van der Waals surface area contributed by atoms with Crippen molar-refractivity contribution in [2.75, 3.05) is 5.32 Å². The van der Waals surface area contributed by atoms with Crippen molar-refractivity contribution in [2.45, 2.75) is 42.8 Å². The van der Waals surface area contributed by atoms with E-state index in [9.17, 15) is 26.4 Å². The van der Waals surface area contributed by atoms with Crippen LogP contribution in [0.3, 0.4) is 0 Å². The molecule has 0 atom stereocenters. The minimum Gasteiger partial charge on any atom is -0.481 e. The fourth-order valence-electron chi connectivity index (χ4n) is 2.77. The van der Waals surface area contributed by atoms with E-state index in [1.165, 1.54) is 0 Å². The number of alkyl halides is 3. The van der Waals surface area contributed by atoms with Crippen molar-refractivity contribution in [1.82, 2.24) is 0 Å². The first-order valence-electron chi connectivity index (χ1n) is 7.22. The van der Waals surface area contributed by atoms with Crippen molar-refractivity contribution < 1.29 is 31.5 Å². The lowest BCUT2D eigenvalue weighted by Gasteiger charge is -2.28. The molecule has 0 saturated heterocycles. The molecule has 2 rings (SSSR count). The van der Waals surface area contributed by atoms with E-state index in [0.29, 0.717) is 31.7 Å². The van der Waals surface area contributed by atoms with Gasteiger partial charge in [0.15, 0.2) is 0 Å². The molecule has 1 aromatic rings. The number of anilines is 1. The van der Waals surface area contributed by atoms with Crippen LogP contribution in [-0.4, -0.2) is 25.5 Å². The standard InChI is InChI=1S/C14H17F3N2O4S/c15-14(16,17)11-7-10(24(18,22)23)5-6-12(11)19-9-3-1-8(2-4-9)13(20)21/h5-9,19H,1-4H2,(H,20,21)(H2,18,22,23). The van der Waals surface area contributed by atoms with E-state index in [2.05, 4.69) is 5.32 Å². The molecule has 1 aliphatic rings. The van der Waals surface area contributed by atoms with Crippen molar-refractivity contribution in [3.63, 3.8) is 0 Å². The predicted molar refractivity (Wildman–Crippen MR) is 79.8 cm³/mol. The highest BCUT2D eigenvalue weighted by atomic mass is 32.2. The van der Waals surface area contributed by atoms with Gasteiger partial charge in [-0.25, -0.2) is 13.6 Å². The summed E-state index contributed by atoms with van der Waals surface area (Å²) >= 11 is 0. The Morgan fingerprint density at radius 1 is 1.21 bits per heavy atom. The number of aliphatic carboxylic acids is 1. The molecule has 4 N–H and O–H groups in total. The normalized spacial score (nSPS) is 22.2. The number of carboxylic acids is 1. The summed E-state index contributed by atoms with van der Waals surface area (Å²) in [7, 11) is -4.25. The molecule has 1 aliphatic carbocycles. The van der Waals surface area contributed by atoms with E-state index >= 15 is 0 Å². The third kappa shape index (κ3) is 4.38. The number of nitrogens with one attached hydrogen (secondary N) is 1. The molecule has 0 bridgehead atoms. The number of rotatable bonds is 4. The summed E-state index contributed by atoms with van der Waals surface area (Å²) in [5.74, 6) is -1.38. The quantitative estimate of drug-likeness (QED) is 0.758. The van der Waals surface area contributed by atoms with E-state index in [4.69, 9.17) is 10.2 Å². The molecule has 0 amide bonds. The molecular weight excluding hydrogens is 349 g/mol. The lowest BCUT2D eigenvalue weighted by atomic mass is 9.86. The summed E-state index contributed by atoms with van der Waals surface area (Å²) in [5.41, 5.74) is -1.36. The first kappa shape index (κ1) is 18.5. The van der Waals surface area contributed by atoms with E-state index in [-0.39, 0.29) is 11.7 Å². The number of hydrogen-bond donors (Lipinski definition) is 3. The largest absolute Gasteiger partial charge is 0.481 e. The van der Waals surface area contributed by atoms with Crippen LogP contribution in [0, 0.1) is 5.92 Å². The average molecular weight is 366 g/mol. The van der Waals surface area contributed by atoms with Gasteiger partial charge in [-0.15, -0.1) is 0 Å². The Bertz CT molecular complexity index is 726. The van der Waals surface area contributed by atoms with Crippen LogP contribution in [0.5, 0.6) is 0 Å². The van der Waals surface area contributed by atoms with Gasteiger partial charge >= 0.3 is 12.1 Å². The molecule has 24 heavy (non-hydrogen) atoms. The fraction of sp³-hybridized carbons (Fsp3) is 0.500. The summed E-state index contributed by atoms with van der Waals surface area (Å²) in [5, 5.41) is 16.6. The van der Waals surface area contributed by atoms with Crippen LogP contribution in [-0.2, 0) is 21.0 Å². The molecule has 1 fully saturated rings. The number of sulfonamides is 1. The maximum absolute atomic E-state index is 13.2. The SMILES string of the molecule is NS(=O)(=O)c1ccc(NC2CCC(C(=O)O)CC2)c(C(F)(F)F)c1. The molecule has 0 radical (unpaired) electrons. The minimum atomic E-state index is -4.75. The Morgan fingerprint density at radius 3 is 2.25 bits per heavy atom. The second-order valence-electron chi connectivity index (χ2n) is 5.78. The molecule has 0 aromatic heterocycles. The summed E-state index contributed by atoms with van der Waals surface area (Å²) in [6.07, 6.45) is -3.15. The highest BCUT2D eigenvalue weighted by molar-refractivity contribution is 7.89. The highest BCUT2D eigenvalue weighted by Gasteiger charge is 2.35. The van der Waals surface area contributed by atoms with Crippen LogP contribution >= 0.6 is 0 Å². The zero-order valence-electron chi connectivity index (χ0n) is 12.5. The summed E-state index contributed by atoms with van der Waals surface area (Å²) < 4.78 is 62.1. The van der Waals surface area contributed by atoms with Crippen molar-refractivity contribution in [2.24, 2.45) is 11.1 Å². The maximum atomic E-state index is 13.2. The second kappa shape index (κ2) is 6.60. The van der Waals surface area contributed by atoms with Gasteiger partial charge in [0.1, 0.15) is 0 Å². The van der Waals surface area contributed by atoms with Gasteiger partial charge in [0.2, 0.25) is 10.0 Å². The zero-order chi connectivity index (χ0) is 18.1. The fourth-order valence-corrected chi connectivity index (χ4v) is 3.31. The van der Waals surface area contributed by atoms with Crippen LogP contribution < -0.4 is 10.5 Å². The van der Waals surface area contributed by atoms with E-state index in [1.807, 2.05) is 0 Å². The van der Waals surface area contributed by atoms with Gasteiger partial charge in [0, 0.05) is 11.7 Å². The van der Waals surface area contributed by atoms with Crippen molar-refractivity contribution in [3.8, 4) is 0 Å². The van der Waals surface area contributed by atoms with Gasteiger partial charge in [-0.05, 0) is 43.9 Å². The van der Waals surface area contributed by atoms with Gasteiger partial charge in [-0.3, -0.25) is 4.79 Å². The van der Waals surface area contributed by atoms with Crippen molar-refractivity contribution >= 4 is 21.7 Å². The van der Waals surface area contributed by atoms with Crippen LogP contribution in [0.25, 0.3) is 0 Å². The second-order valence-corrected chi connectivity index (χ2v) is 7.34. The number of carboxylic acid groups (broad SMARTS) is 1. The van der Waals surface area contributed by atoms with Gasteiger partial charge in [-0.2, -0.15) is 13.2 Å². The zero-order valence-corrected chi connectivity index (χ0v) is 13.3. The Labute approximate surface area is 136 Å². The Kier molecular flexibility index (Phi) is 5.09. The Morgan fingerprint density at radius 2 is 1.79 bits per heavy atom. The highest BCUT2D eigenvalue weighted by Crippen LogP contribution is 2.37. The molecule has 0 unspecified atom stereocenters. The predicted octanol–water partition coefficient (Wildman–Crippen LogP) is 2.41. The van der Waals surface area contributed by atoms with Crippen molar-refractivity contribution in [3.05, 3.63) is 23.8 Å². The third-order valence-electron chi connectivity index (χ3n) is 4.06. The molecule has 1 saturated carbocycles. The molecule has 0 spiro atoms. The number of halogens is 3. The van der Waals surface area contributed by atoms with Crippen LogP contribution in [0.15, 0.2) is 23.1 Å². The number of carbonyl (C=O) groups is 1. The van der Waals surface area contributed by atoms with Crippen molar-refractivity contribution in [1.29, 1.82) is 0 Å². The van der Waals surface area contributed by atoms with Gasteiger partial charge in [0.05, 0.1) is 16.4 Å². The summed E-state index contributed by atoms with van der Waals surface area (Å²) in [4.78, 5) is 10.3. The van der Waals surface area contributed by atoms with E-state index in [0.717, 1.165) is 12.1 Å². The molecular formula is C14H17F3N2O4S. The molecule has 134 valence electrons. The summed E-state index contributed by atoms with van der Waals surface area (Å²) in [6, 6.07) is 2.24. The molecule has 0 heterocycles. The Balaban J connectivity index is 2.23. The molecule has 10 heteroatoms. The van der Waals surface area contributed by atoms with Gasteiger partial charge < -0.3 is 10.4 Å². The molecule has 0 aliphatic heterocycles. The average Bonchev–Trinajstić information content (AvgIpc) is 2.46. The van der Waals surface area contributed by atoms with E-state index < -0.39 is 38.5 Å². The van der Waals surface area contributed by atoms with Crippen LogP contribution in [0.1, 0.15) is 31.2 Å². The lowest BCUT2D eigenvalue weighted by Crippen LogP contribution is -2.30. The maximum Gasteiger partial charge on any atom is 0.418 e. The number of hydrogen-bond acceptors (Lipinski definition) is 4. The lowest BCUT2D eigenvalue weighted by molar-refractivity contribution is -0.142. The minimum absolute atomic E-state index is 0.242. The Hall–Kier alpha value is -1.81. The topological polar surface area (TPSA) is 109 Å². The van der Waals surface area contributed by atoms with E-state index in [1.54, 1.807) is 0 Å². The first-order chi connectivity index (χ1) is 11.0. The van der Waals surface area contributed by atoms with Crippen LogP contribution in [0.4, 0.5) is 18.9 Å². The van der Waals surface area contributed by atoms with Crippen LogP contribution in [0.2, 0.25) is 0 Å². The number of primary sulfonamides is 1. The number of nitrogens with two attached hydrogens (primary N) is 1. The molecule has 1 aromatic carbocycles. The van der Waals surface area contributed by atoms with Gasteiger partial charge in [0.25, 0.3) is 0 Å².